The van der Waals surface area contributed by atoms with E-state index in [1.54, 1.807) is 0 Å². The van der Waals surface area contributed by atoms with E-state index >= 15 is 0 Å². The fourth-order valence-corrected chi connectivity index (χ4v) is 3.23. The van der Waals surface area contributed by atoms with E-state index in [0.717, 1.165) is 17.8 Å². The molecular formula is C25H31F3N2O2. The van der Waals surface area contributed by atoms with Crippen LogP contribution in [0.5, 0.6) is 5.75 Å². The van der Waals surface area contributed by atoms with Crippen molar-refractivity contribution in [3.8, 4) is 5.75 Å². The molecule has 1 atom stereocenters. The summed E-state index contributed by atoms with van der Waals surface area (Å²) in [5.74, 6) is 0.163. The van der Waals surface area contributed by atoms with Gasteiger partial charge in [0.25, 0.3) is 5.91 Å². The summed E-state index contributed by atoms with van der Waals surface area (Å²) in [5, 5.41) is 2.84. The van der Waals surface area contributed by atoms with Crippen LogP contribution in [0.3, 0.4) is 0 Å². The van der Waals surface area contributed by atoms with Crippen molar-refractivity contribution >= 4 is 12.1 Å². The number of carbonyl (C=O) groups excluding carboxylic acids is 1. The first-order chi connectivity index (χ1) is 15.0. The number of hydrogen-bond donors (Lipinski definition) is 1. The van der Waals surface area contributed by atoms with Gasteiger partial charge in [0, 0.05) is 25.4 Å². The van der Waals surface area contributed by atoms with Gasteiger partial charge >= 0.3 is 6.18 Å². The number of nitrogens with one attached hydrogen (secondary N) is 1. The highest BCUT2D eigenvalue weighted by molar-refractivity contribution is 5.83. The van der Waals surface area contributed by atoms with Gasteiger partial charge in [-0.3, -0.25) is 9.79 Å². The number of aliphatic imine (C=N–C) groups is 1. The van der Waals surface area contributed by atoms with Crippen molar-refractivity contribution in [2.75, 3.05) is 7.05 Å². The van der Waals surface area contributed by atoms with E-state index in [1.807, 2.05) is 38.1 Å². The first kappa shape index (κ1) is 25.4. The molecule has 2 rings (SSSR count). The molecule has 0 aliphatic rings. The standard InChI is InChI=1S/C25H31F3N2O2/c1-16(2)12-23(24(31)30-14-18-6-8-19(9-7-18)17(3)4)32-21-11-10-20(15-29-5)22(13-21)25(26,27)28/h6-11,13,15-17,23H,12,14H2,1-5H3,(H,30,31). The molecule has 0 bridgehead atoms. The Kier molecular flexibility index (Phi) is 8.87. The molecule has 1 N–H and O–H groups in total. The van der Waals surface area contributed by atoms with E-state index in [-0.39, 0.29) is 23.1 Å². The predicted octanol–water partition coefficient (Wildman–Crippen LogP) is 5.99. The Bertz CT molecular complexity index is 920. The number of carbonyl (C=O) groups is 1. The molecular weight excluding hydrogens is 417 g/mol. The van der Waals surface area contributed by atoms with Crippen molar-refractivity contribution in [3.63, 3.8) is 0 Å². The molecule has 174 valence electrons. The van der Waals surface area contributed by atoms with Crippen LogP contribution >= 0.6 is 0 Å². The quantitative estimate of drug-likeness (QED) is 0.479. The van der Waals surface area contributed by atoms with Gasteiger partial charge in [-0.1, -0.05) is 52.0 Å². The molecule has 0 fully saturated rings. The zero-order valence-corrected chi connectivity index (χ0v) is 19.2. The van der Waals surface area contributed by atoms with Gasteiger partial charge in [0.1, 0.15) is 5.75 Å². The average molecular weight is 449 g/mol. The van der Waals surface area contributed by atoms with Crippen LogP contribution in [0, 0.1) is 5.92 Å². The second kappa shape index (κ2) is 11.2. The fraction of sp³-hybridized carbons (Fsp3) is 0.440. The molecule has 1 unspecified atom stereocenters. The maximum Gasteiger partial charge on any atom is 0.417 e. The van der Waals surface area contributed by atoms with Gasteiger partial charge in [0.2, 0.25) is 0 Å². The summed E-state index contributed by atoms with van der Waals surface area (Å²) >= 11 is 0. The lowest BCUT2D eigenvalue weighted by molar-refractivity contribution is -0.137. The Balaban J connectivity index is 2.16. The lowest BCUT2D eigenvalue weighted by Crippen LogP contribution is -2.39. The smallest absolute Gasteiger partial charge is 0.417 e. The number of rotatable bonds is 9. The van der Waals surface area contributed by atoms with Crippen LogP contribution in [-0.2, 0) is 17.5 Å². The van der Waals surface area contributed by atoms with E-state index < -0.39 is 17.8 Å². The third-order valence-corrected chi connectivity index (χ3v) is 4.97. The molecule has 0 aromatic heterocycles. The normalized spacial score (nSPS) is 13.1. The van der Waals surface area contributed by atoms with Crippen LogP contribution in [0.15, 0.2) is 47.5 Å². The average Bonchev–Trinajstić information content (AvgIpc) is 2.72. The largest absolute Gasteiger partial charge is 0.481 e. The van der Waals surface area contributed by atoms with Crippen molar-refractivity contribution in [2.45, 2.75) is 58.9 Å². The molecule has 0 radical (unpaired) electrons. The van der Waals surface area contributed by atoms with Gasteiger partial charge in [-0.05, 0) is 47.6 Å². The second-order valence-electron chi connectivity index (χ2n) is 8.48. The van der Waals surface area contributed by atoms with Crippen LogP contribution in [0.25, 0.3) is 0 Å². The number of halogens is 3. The molecule has 0 heterocycles. The highest BCUT2D eigenvalue weighted by Gasteiger charge is 2.34. The maximum atomic E-state index is 13.4. The summed E-state index contributed by atoms with van der Waals surface area (Å²) in [6.45, 7) is 8.38. The zero-order chi connectivity index (χ0) is 23.9. The Morgan fingerprint density at radius 1 is 1.09 bits per heavy atom. The predicted molar refractivity (Wildman–Crippen MR) is 121 cm³/mol. The first-order valence-electron chi connectivity index (χ1n) is 10.7. The SMILES string of the molecule is CN=Cc1ccc(OC(CC(C)C)C(=O)NCc2ccc(C(C)C)cc2)cc1C(F)(F)F. The molecule has 0 saturated heterocycles. The lowest BCUT2D eigenvalue weighted by atomic mass is 10.0. The van der Waals surface area contributed by atoms with Crippen molar-refractivity contribution in [1.29, 1.82) is 0 Å². The minimum Gasteiger partial charge on any atom is -0.481 e. The highest BCUT2D eigenvalue weighted by atomic mass is 19.4. The zero-order valence-electron chi connectivity index (χ0n) is 19.2. The molecule has 7 heteroatoms. The second-order valence-corrected chi connectivity index (χ2v) is 8.48. The van der Waals surface area contributed by atoms with Crippen LogP contribution in [0.4, 0.5) is 13.2 Å². The first-order valence-corrected chi connectivity index (χ1v) is 10.7. The van der Waals surface area contributed by atoms with Crippen molar-refractivity contribution in [3.05, 3.63) is 64.7 Å². The summed E-state index contributed by atoms with van der Waals surface area (Å²) in [6.07, 6.45) is -3.95. The minimum absolute atomic E-state index is 0.00679. The molecule has 2 aromatic rings. The van der Waals surface area contributed by atoms with Gasteiger partial charge in [0.15, 0.2) is 6.10 Å². The van der Waals surface area contributed by atoms with Gasteiger partial charge in [-0.2, -0.15) is 13.2 Å². The van der Waals surface area contributed by atoms with E-state index in [2.05, 4.69) is 24.2 Å². The van der Waals surface area contributed by atoms with Gasteiger partial charge in [0.05, 0.1) is 5.56 Å². The van der Waals surface area contributed by atoms with E-state index in [1.165, 1.54) is 24.7 Å². The summed E-state index contributed by atoms with van der Waals surface area (Å²) in [6, 6.07) is 11.6. The number of hydrogen-bond acceptors (Lipinski definition) is 3. The number of amides is 1. The van der Waals surface area contributed by atoms with Crippen LogP contribution in [0.2, 0.25) is 0 Å². The van der Waals surface area contributed by atoms with Crippen molar-refractivity contribution in [2.24, 2.45) is 10.9 Å². The molecule has 0 aliphatic heterocycles. The van der Waals surface area contributed by atoms with E-state index in [4.69, 9.17) is 4.74 Å². The van der Waals surface area contributed by atoms with Gasteiger partial charge < -0.3 is 10.1 Å². The Labute approximate surface area is 187 Å². The summed E-state index contributed by atoms with van der Waals surface area (Å²) in [7, 11) is 1.41. The molecule has 2 aromatic carbocycles. The van der Waals surface area contributed by atoms with Crippen LogP contribution < -0.4 is 10.1 Å². The van der Waals surface area contributed by atoms with Gasteiger partial charge in [-0.25, -0.2) is 0 Å². The number of alkyl halides is 3. The molecule has 32 heavy (non-hydrogen) atoms. The van der Waals surface area contributed by atoms with Gasteiger partial charge in [-0.15, -0.1) is 0 Å². The van der Waals surface area contributed by atoms with E-state index in [9.17, 15) is 18.0 Å². The Hall–Kier alpha value is -2.83. The summed E-state index contributed by atoms with van der Waals surface area (Å²) in [5.41, 5.74) is 1.24. The van der Waals surface area contributed by atoms with Crippen molar-refractivity contribution in [1.82, 2.24) is 5.32 Å². The van der Waals surface area contributed by atoms with Crippen LogP contribution in [-0.4, -0.2) is 25.3 Å². The molecule has 0 saturated carbocycles. The monoisotopic (exact) mass is 448 g/mol. The van der Waals surface area contributed by atoms with Crippen molar-refractivity contribution < 1.29 is 22.7 Å². The minimum atomic E-state index is -4.56. The third kappa shape index (κ3) is 7.39. The molecule has 0 aliphatic carbocycles. The Morgan fingerprint density at radius 3 is 2.28 bits per heavy atom. The van der Waals surface area contributed by atoms with E-state index in [0.29, 0.717) is 18.9 Å². The molecule has 0 spiro atoms. The lowest BCUT2D eigenvalue weighted by Gasteiger charge is -2.21. The number of nitrogens with zero attached hydrogens (tertiary/aromatic N) is 1. The van der Waals surface area contributed by atoms with Crippen LogP contribution in [0.1, 0.15) is 62.3 Å². The molecule has 4 nitrogen and oxygen atoms in total. The molecule has 1 amide bonds. The topological polar surface area (TPSA) is 50.7 Å². The number of benzene rings is 2. The summed E-state index contributed by atoms with van der Waals surface area (Å²) in [4.78, 5) is 16.5. The maximum absolute atomic E-state index is 13.4. The Morgan fingerprint density at radius 2 is 1.75 bits per heavy atom. The summed E-state index contributed by atoms with van der Waals surface area (Å²) < 4.78 is 46.1. The highest BCUT2D eigenvalue weighted by Crippen LogP contribution is 2.34. The number of ether oxygens (including phenoxy) is 1. The fourth-order valence-electron chi connectivity index (χ4n) is 3.23. The third-order valence-electron chi connectivity index (χ3n) is 4.97.